The smallest absolute Gasteiger partial charge is 0.265 e. The van der Waals surface area contributed by atoms with Gasteiger partial charge in [-0.2, -0.15) is 0 Å². The molecule has 0 unspecified atom stereocenters. The quantitative estimate of drug-likeness (QED) is 0.696. The van der Waals surface area contributed by atoms with Crippen molar-refractivity contribution in [2.45, 2.75) is 46.6 Å². The van der Waals surface area contributed by atoms with Crippen LogP contribution in [0.3, 0.4) is 0 Å². The highest BCUT2D eigenvalue weighted by atomic mass is 16.5. The van der Waals surface area contributed by atoms with E-state index in [2.05, 4.69) is 12.2 Å². The second-order valence-corrected chi connectivity index (χ2v) is 6.20. The van der Waals surface area contributed by atoms with Crippen molar-refractivity contribution >= 4 is 11.6 Å². The van der Waals surface area contributed by atoms with E-state index < -0.39 is 6.10 Å². The van der Waals surface area contributed by atoms with Gasteiger partial charge in [-0.05, 0) is 62.6 Å². The first-order valence-electron chi connectivity index (χ1n) is 8.78. The molecule has 1 atom stereocenters. The normalized spacial score (nSPS) is 11.7. The van der Waals surface area contributed by atoms with E-state index in [1.54, 1.807) is 6.92 Å². The molecule has 1 amide bonds. The molecule has 25 heavy (non-hydrogen) atoms. The molecule has 0 aliphatic rings. The number of nitrogens with one attached hydrogen (secondary N) is 1. The summed E-state index contributed by atoms with van der Waals surface area (Å²) in [6.07, 6.45) is 1.55. The zero-order chi connectivity index (χ0) is 18.2. The van der Waals surface area contributed by atoms with Crippen molar-refractivity contribution in [3.63, 3.8) is 0 Å². The zero-order valence-electron chi connectivity index (χ0n) is 15.5. The SMILES string of the molecule is CCCCOc1ccc(NC(=O)[C@@H](C)Oc2c(C)cccc2C)cc1. The molecule has 2 rings (SSSR count). The lowest BCUT2D eigenvalue weighted by atomic mass is 10.1. The number of rotatable bonds is 8. The van der Waals surface area contributed by atoms with Crippen molar-refractivity contribution in [2.75, 3.05) is 11.9 Å². The van der Waals surface area contributed by atoms with Gasteiger partial charge in [0.1, 0.15) is 11.5 Å². The first-order valence-corrected chi connectivity index (χ1v) is 8.78. The van der Waals surface area contributed by atoms with Gasteiger partial charge in [-0.25, -0.2) is 0 Å². The lowest BCUT2D eigenvalue weighted by Gasteiger charge is -2.18. The maximum Gasteiger partial charge on any atom is 0.265 e. The molecule has 0 bridgehead atoms. The Balaban J connectivity index is 1.92. The highest BCUT2D eigenvalue weighted by molar-refractivity contribution is 5.94. The Labute approximate surface area is 150 Å². The lowest BCUT2D eigenvalue weighted by molar-refractivity contribution is -0.122. The molecule has 0 heterocycles. The molecule has 0 spiro atoms. The number of unbranched alkanes of at least 4 members (excludes halogenated alkanes) is 1. The number of ether oxygens (including phenoxy) is 2. The minimum absolute atomic E-state index is 0.178. The molecule has 0 aliphatic heterocycles. The van der Waals surface area contributed by atoms with Crippen LogP contribution in [0.2, 0.25) is 0 Å². The zero-order valence-corrected chi connectivity index (χ0v) is 15.5. The molecular formula is C21H27NO3. The summed E-state index contributed by atoms with van der Waals surface area (Å²) < 4.78 is 11.5. The van der Waals surface area contributed by atoms with Crippen LogP contribution in [-0.2, 0) is 4.79 Å². The van der Waals surface area contributed by atoms with E-state index in [0.717, 1.165) is 41.2 Å². The lowest BCUT2D eigenvalue weighted by Crippen LogP contribution is -2.30. The predicted octanol–water partition coefficient (Wildman–Crippen LogP) is 4.89. The third-order valence-electron chi connectivity index (χ3n) is 3.96. The minimum Gasteiger partial charge on any atom is -0.494 e. The second-order valence-electron chi connectivity index (χ2n) is 6.20. The fourth-order valence-electron chi connectivity index (χ4n) is 2.43. The Bertz CT molecular complexity index is 675. The average Bonchev–Trinajstić information content (AvgIpc) is 2.60. The molecule has 0 aromatic heterocycles. The number of amides is 1. The molecule has 2 aromatic rings. The van der Waals surface area contributed by atoms with Crippen LogP contribution in [0.5, 0.6) is 11.5 Å². The molecule has 134 valence electrons. The number of para-hydroxylation sites is 1. The minimum atomic E-state index is -0.583. The first kappa shape index (κ1) is 18.8. The van der Waals surface area contributed by atoms with Crippen LogP contribution in [0.25, 0.3) is 0 Å². The molecular weight excluding hydrogens is 314 g/mol. The highest BCUT2D eigenvalue weighted by Gasteiger charge is 2.17. The van der Waals surface area contributed by atoms with E-state index in [4.69, 9.17) is 9.47 Å². The van der Waals surface area contributed by atoms with E-state index in [1.807, 2.05) is 56.3 Å². The van der Waals surface area contributed by atoms with Crippen molar-refractivity contribution in [1.82, 2.24) is 0 Å². The second kappa shape index (κ2) is 9.11. The summed E-state index contributed by atoms with van der Waals surface area (Å²) in [6.45, 7) is 8.55. The van der Waals surface area contributed by atoms with Gasteiger partial charge in [0.15, 0.2) is 6.10 Å². The van der Waals surface area contributed by atoms with Gasteiger partial charge in [-0.1, -0.05) is 31.5 Å². The van der Waals surface area contributed by atoms with Gasteiger partial charge < -0.3 is 14.8 Å². The molecule has 0 fully saturated rings. The van der Waals surface area contributed by atoms with E-state index in [0.29, 0.717) is 6.61 Å². The van der Waals surface area contributed by atoms with Gasteiger partial charge in [0.25, 0.3) is 5.91 Å². The standard InChI is InChI=1S/C21H27NO3/c1-5-6-14-24-19-12-10-18(11-13-19)22-21(23)17(4)25-20-15(2)8-7-9-16(20)3/h7-13,17H,5-6,14H2,1-4H3,(H,22,23)/t17-/m1/s1. The number of benzene rings is 2. The number of carbonyl (C=O) groups is 1. The largest absolute Gasteiger partial charge is 0.494 e. The number of hydrogen-bond acceptors (Lipinski definition) is 3. The van der Waals surface area contributed by atoms with Gasteiger partial charge >= 0.3 is 0 Å². The van der Waals surface area contributed by atoms with Crippen LogP contribution in [0, 0.1) is 13.8 Å². The molecule has 0 saturated carbocycles. The summed E-state index contributed by atoms with van der Waals surface area (Å²) in [6, 6.07) is 13.3. The van der Waals surface area contributed by atoms with Gasteiger partial charge in [-0.15, -0.1) is 0 Å². The number of hydrogen-bond donors (Lipinski definition) is 1. The highest BCUT2D eigenvalue weighted by Crippen LogP contribution is 2.24. The first-order chi connectivity index (χ1) is 12.0. The van der Waals surface area contributed by atoms with E-state index >= 15 is 0 Å². The predicted molar refractivity (Wildman–Crippen MR) is 101 cm³/mol. The Morgan fingerprint density at radius 1 is 1.08 bits per heavy atom. The summed E-state index contributed by atoms with van der Waals surface area (Å²) in [7, 11) is 0. The fraction of sp³-hybridized carbons (Fsp3) is 0.381. The van der Waals surface area contributed by atoms with Gasteiger partial charge in [0.2, 0.25) is 0 Å². The number of aryl methyl sites for hydroxylation is 2. The van der Waals surface area contributed by atoms with Crippen molar-refractivity contribution in [2.24, 2.45) is 0 Å². The van der Waals surface area contributed by atoms with Crippen molar-refractivity contribution in [3.05, 3.63) is 53.6 Å². The Kier molecular flexibility index (Phi) is 6.87. The average molecular weight is 341 g/mol. The van der Waals surface area contributed by atoms with E-state index in [1.165, 1.54) is 0 Å². The fourth-order valence-corrected chi connectivity index (χ4v) is 2.43. The summed E-state index contributed by atoms with van der Waals surface area (Å²) in [5.41, 5.74) is 2.77. The Morgan fingerprint density at radius 2 is 1.72 bits per heavy atom. The molecule has 0 aliphatic carbocycles. The van der Waals surface area contributed by atoms with Crippen LogP contribution in [0.1, 0.15) is 37.8 Å². The molecule has 4 nitrogen and oxygen atoms in total. The van der Waals surface area contributed by atoms with Gasteiger partial charge in [-0.3, -0.25) is 4.79 Å². The van der Waals surface area contributed by atoms with Crippen molar-refractivity contribution in [3.8, 4) is 11.5 Å². The van der Waals surface area contributed by atoms with Crippen LogP contribution < -0.4 is 14.8 Å². The topological polar surface area (TPSA) is 47.6 Å². The number of carbonyl (C=O) groups excluding carboxylic acids is 1. The number of anilines is 1. The molecule has 4 heteroatoms. The van der Waals surface area contributed by atoms with E-state index in [9.17, 15) is 4.79 Å². The van der Waals surface area contributed by atoms with E-state index in [-0.39, 0.29) is 5.91 Å². The Morgan fingerprint density at radius 3 is 2.32 bits per heavy atom. The summed E-state index contributed by atoms with van der Waals surface area (Å²) in [5, 5.41) is 2.88. The van der Waals surface area contributed by atoms with Crippen LogP contribution in [0.4, 0.5) is 5.69 Å². The van der Waals surface area contributed by atoms with Crippen LogP contribution >= 0.6 is 0 Å². The maximum atomic E-state index is 12.4. The Hall–Kier alpha value is -2.49. The summed E-state index contributed by atoms with van der Waals surface area (Å²) >= 11 is 0. The van der Waals surface area contributed by atoms with Gasteiger partial charge in [0.05, 0.1) is 6.61 Å². The molecule has 0 saturated heterocycles. The molecule has 0 radical (unpaired) electrons. The maximum absolute atomic E-state index is 12.4. The molecule has 2 aromatic carbocycles. The summed E-state index contributed by atoms with van der Waals surface area (Å²) in [5.74, 6) is 1.40. The van der Waals surface area contributed by atoms with Crippen LogP contribution in [0.15, 0.2) is 42.5 Å². The molecule has 1 N–H and O–H groups in total. The van der Waals surface area contributed by atoms with Crippen molar-refractivity contribution < 1.29 is 14.3 Å². The van der Waals surface area contributed by atoms with Crippen LogP contribution in [-0.4, -0.2) is 18.6 Å². The monoisotopic (exact) mass is 341 g/mol. The third-order valence-corrected chi connectivity index (χ3v) is 3.96. The van der Waals surface area contributed by atoms with Crippen molar-refractivity contribution in [1.29, 1.82) is 0 Å². The van der Waals surface area contributed by atoms with Gasteiger partial charge in [0, 0.05) is 5.69 Å². The third kappa shape index (κ3) is 5.52. The summed E-state index contributed by atoms with van der Waals surface area (Å²) in [4.78, 5) is 12.4.